The van der Waals surface area contributed by atoms with Crippen molar-refractivity contribution in [3.05, 3.63) is 40.7 Å². The molecule has 14 heteroatoms. The molecule has 2 aromatic rings. The number of rotatable bonds is 14. The van der Waals surface area contributed by atoms with Crippen LogP contribution in [0.1, 0.15) is 41.7 Å². The van der Waals surface area contributed by atoms with Crippen molar-refractivity contribution >= 4 is 58.4 Å². The van der Waals surface area contributed by atoms with Gasteiger partial charge in [-0.15, -0.1) is 0 Å². The van der Waals surface area contributed by atoms with Gasteiger partial charge in [-0.3, -0.25) is 24.7 Å². The molecule has 1 aromatic carbocycles. The van der Waals surface area contributed by atoms with Gasteiger partial charge in [-0.1, -0.05) is 35.5 Å². The summed E-state index contributed by atoms with van der Waals surface area (Å²) in [5, 5.41) is 4.42. The smallest absolute Gasteiger partial charge is 0.280 e. The van der Waals surface area contributed by atoms with E-state index in [-0.39, 0.29) is 34.3 Å². The third-order valence-electron chi connectivity index (χ3n) is 5.08. The number of amides is 2. The molecular weight excluding hydrogens is 520 g/mol. The number of aryl methyl sites for hydroxylation is 1. The number of anilines is 2. The molecule has 2 amide bonds. The molecule has 1 atom stereocenters. The average Bonchev–Trinajstić information content (AvgIpc) is 2.88. The first-order valence-corrected chi connectivity index (χ1v) is 12.8. The highest BCUT2D eigenvalue weighted by molar-refractivity contribution is 8.13. The van der Waals surface area contributed by atoms with Crippen molar-refractivity contribution in [2.24, 2.45) is 10.7 Å². The highest BCUT2D eigenvalue weighted by Crippen LogP contribution is 2.18. The quantitative estimate of drug-likeness (QED) is 0.0993. The lowest BCUT2D eigenvalue weighted by Gasteiger charge is -2.12. The number of hydrogen-bond acceptors (Lipinski definition) is 10. The van der Waals surface area contributed by atoms with Crippen molar-refractivity contribution in [2.75, 3.05) is 31.7 Å². The van der Waals surface area contributed by atoms with Crippen molar-refractivity contribution in [3.8, 4) is 5.75 Å². The van der Waals surface area contributed by atoms with E-state index in [9.17, 15) is 14.4 Å². The van der Waals surface area contributed by atoms with Crippen LogP contribution in [0.5, 0.6) is 5.75 Å². The highest BCUT2D eigenvalue weighted by atomic mass is 35.5. The van der Waals surface area contributed by atoms with Crippen LogP contribution in [0, 0.1) is 0 Å². The second-order valence-electron chi connectivity index (χ2n) is 7.78. The molecule has 0 saturated carbocycles. The molecule has 1 aromatic heterocycles. The van der Waals surface area contributed by atoms with Gasteiger partial charge in [-0.2, -0.15) is 0 Å². The zero-order valence-electron chi connectivity index (χ0n) is 20.4. The van der Waals surface area contributed by atoms with Gasteiger partial charge in [0.05, 0.1) is 11.9 Å². The average molecular weight is 551 g/mol. The summed E-state index contributed by atoms with van der Waals surface area (Å²) in [4.78, 5) is 46.3. The first-order chi connectivity index (χ1) is 17.7. The Kier molecular flexibility index (Phi) is 12.4. The molecule has 0 spiro atoms. The van der Waals surface area contributed by atoms with Crippen LogP contribution in [0.2, 0.25) is 5.15 Å². The summed E-state index contributed by atoms with van der Waals surface area (Å²) in [6, 6.07) is 7.78. The van der Waals surface area contributed by atoms with E-state index in [4.69, 9.17) is 33.5 Å². The van der Waals surface area contributed by atoms with Crippen LogP contribution in [0.25, 0.3) is 0 Å². The minimum absolute atomic E-state index is 0.0629. The van der Waals surface area contributed by atoms with Gasteiger partial charge in [0.15, 0.2) is 34.1 Å². The Labute approximate surface area is 224 Å². The van der Waals surface area contributed by atoms with E-state index in [1.165, 1.54) is 0 Å². The minimum Gasteiger partial charge on any atom is -0.494 e. The molecule has 0 aliphatic carbocycles. The summed E-state index contributed by atoms with van der Waals surface area (Å²) < 4.78 is 5.73. The summed E-state index contributed by atoms with van der Waals surface area (Å²) >= 11 is 6.75. The minimum atomic E-state index is -0.679. The van der Waals surface area contributed by atoms with Gasteiger partial charge in [0.1, 0.15) is 5.75 Å². The first-order valence-electron chi connectivity index (χ1n) is 11.5. The number of nitrogens with two attached hydrogens (primary N) is 3. The molecule has 1 heterocycles. The van der Waals surface area contributed by atoms with Crippen molar-refractivity contribution in [1.29, 1.82) is 0 Å². The number of aromatic nitrogens is 2. The number of unbranched alkanes of at least 4 members (excludes halogenated alkanes) is 1. The summed E-state index contributed by atoms with van der Waals surface area (Å²) in [7, 11) is 1.55. The van der Waals surface area contributed by atoms with E-state index in [1.807, 2.05) is 24.3 Å². The molecule has 2 rings (SSSR count). The standard InChI is InChI=1S/C23H31ClN8O4S/c1-28-21(34)16(37-13-33)6-4-12-36-15-9-7-14(8-10-15)5-2-3-11-29-23(27)32-22(35)17-19(25)31-20(26)18(24)30-17/h7-10,13,16H,2-6,11-12H2,1H3,(H,28,34)(H4,25,26,31)(H3,27,29,32,35). The Morgan fingerprint density at radius 1 is 1.16 bits per heavy atom. The highest BCUT2D eigenvalue weighted by Gasteiger charge is 2.17. The molecule has 0 saturated heterocycles. The fraction of sp³-hybridized carbons (Fsp3) is 0.391. The third kappa shape index (κ3) is 10.1. The molecule has 0 fully saturated rings. The number of carbonyl (C=O) groups excluding carboxylic acids is 3. The molecule has 200 valence electrons. The molecule has 12 nitrogen and oxygen atoms in total. The number of nitrogens with zero attached hydrogens (tertiary/aromatic N) is 3. The molecule has 0 radical (unpaired) electrons. The van der Waals surface area contributed by atoms with Crippen LogP contribution < -0.4 is 32.6 Å². The molecule has 1 unspecified atom stereocenters. The number of guanidine groups is 1. The van der Waals surface area contributed by atoms with Crippen molar-refractivity contribution < 1.29 is 19.1 Å². The zero-order chi connectivity index (χ0) is 27.2. The van der Waals surface area contributed by atoms with Crippen LogP contribution in [0.3, 0.4) is 0 Å². The van der Waals surface area contributed by atoms with Crippen molar-refractivity contribution in [3.63, 3.8) is 0 Å². The van der Waals surface area contributed by atoms with Crippen molar-refractivity contribution in [2.45, 2.75) is 37.4 Å². The lowest BCUT2D eigenvalue weighted by Crippen LogP contribution is -2.38. The Hall–Kier alpha value is -3.58. The topological polar surface area (TPSA) is 201 Å². The van der Waals surface area contributed by atoms with Crippen LogP contribution in [-0.4, -0.2) is 58.8 Å². The van der Waals surface area contributed by atoms with E-state index >= 15 is 0 Å². The maximum Gasteiger partial charge on any atom is 0.280 e. The van der Waals surface area contributed by atoms with Gasteiger partial charge >= 0.3 is 0 Å². The summed E-state index contributed by atoms with van der Waals surface area (Å²) in [5.41, 5.74) is 18.6. The number of nitrogen functional groups attached to an aromatic ring is 2. The van der Waals surface area contributed by atoms with E-state index in [0.29, 0.717) is 31.6 Å². The van der Waals surface area contributed by atoms with Gasteiger partial charge in [-0.25, -0.2) is 9.97 Å². The predicted octanol–water partition coefficient (Wildman–Crippen LogP) is 1.56. The first kappa shape index (κ1) is 29.6. The second-order valence-corrected chi connectivity index (χ2v) is 9.17. The Balaban J connectivity index is 1.68. The number of thioether (sulfide) groups is 1. The second kappa shape index (κ2) is 15.5. The molecule has 0 aliphatic heterocycles. The molecule has 8 N–H and O–H groups in total. The number of ether oxygens (including phenoxy) is 1. The molecular formula is C23H31ClN8O4S. The van der Waals surface area contributed by atoms with Crippen molar-refractivity contribution in [1.82, 2.24) is 20.6 Å². The van der Waals surface area contributed by atoms with Gasteiger partial charge in [-0.05, 0) is 49.8 Å². The van der Waals surface area contributed by atoms with Crippen LogP contribution in [0.15, 0.2) is 29.3 Å². The van der Waals surface area contributed by atoms with Gasteiger partial charge < -0.3 is 27.3 Å². The fourth-order valence-electron chi connectivity index (χ4n) is 3.16. The van der Waals surface area contributed by atoms with E-state index in [2.05, 4.69) is 25.6 Å². The predicted molar refractivity (Wildman–Crippen MR) is 146 cm³/mol. The monoisotopic (exact) mass is 550 g/mol. The molecule has 0 aliphatic rings. The lowest BCUT2D eigenvalue weighted by atomic mass is 10.1. The number of hydrogen-bond donors (Lipinski definition) is 5. The van der Waals surface area contributed by atoms with Crippen LogP contribution in [-0.2, 0) is 16.0 Å². The fourth-order valence-corrected chi connectivity index (χ4v) is 3.97. The van der Waals surface area contributed by atoms with Crippen LogP contribution >= 0.6 is 23.4 Å². The summed E-state index contributed by atoms with van der Waals surface area (Å²) in [6.07, 6.45) is 3.67. The van der Waals surface area contributed by atoms with E-state index < -0.39 is 11.2 Å². The van der Waals surface area contributed by atoms with E-state index in [0.717, 1.165) is 42.3 Å². The Bertz CT molecular complexity index is 1100. The van der Waals surface area contributed by atoms with E-state index in [1.54, 1.807) is 7.05 Å². The Morgan fingerprint density at radius 3 is 2.57 bits per heavy atom. The summed E-state index contributed by atoms with van der Waals surface area (Å²) in [6.45, 7) is 0.878. The largest absolute Gasteiger partial charge is 0.494 e. The number of halogens is 1. The SMILES string of the molecule is CNC(=O)C(CCCOc1ccc(CCCCN=C(N)NC(=O)c2nc(Cl)c(N)nc2N)cc1)SC=O. The normalized spacial score (nSPS) is 12.0. The molecule has 37 heavy (non-hydrogen) atoms. The van der Waals surface area contributed by atoms with Gasteiger partial charge in [0.25, 0.3) is 5.91 Å². The summed E-state index contributed by atoms with van der Waals surface area (Å²) in [5.74, 6) is -0.397. The maximum atomic E-state index is 12.2. The van der Waals surface area contributed by atoms with Crippen LogP contribution in [0.4, 0.5) is 11.6 Å². The Morgan fingerprint density at radius 2 is 1.89 bits per heavy atom. The number of nitrogens with one attached hydrogen (secondary N) is 2. The number of carbonyl (C=O) groups is 3. The molecule has 0 bridgehead atoms. The third-order valence-corrected chi connectivity index (χ3v) is 6.25. The maximum absolute atomic E-state index is 12.2. The lowest BCUT2D eigenvalue weighted by molar-refractivity contribution is -0.120. The van der Waals surface area contributed by atoms with Gasteiger partial charge in [0.2, 0.25) is 5.91 Å². The zero-order valence-corrected chi connectivity index (χ0v) is 22.0. The van der Waals surface area contributed by atoms with Gasteiger partial charge in [0, 0.05) is 13.6 Å². The number of benzene rings is 1. The number of aliphatic imine (C=N–C) groups is 1.